The lowest BCUT2D eigenvalue weighted by atomic mass is 9.84. The molecule has 0 amide bonds. The monoisotopic (exact) mass is 376 g/mol. The molecular weight excluding hydrogens is 347 g/mol. The average molecular weight is 377 g/mol. The number of hydrogen-bond acceptors (Lipinski definition) is 1. The van der Waals surface area contributed by atoms with Gasteiger partial charge in [0.15, 0.2) is 11.6 Å². The lowest BCUT2D eigenvalue weighted by Crippen LogP contribution is -2.08. The number of rotatable bonds is 3. The fourth-order valence-electron chi connectivity index (χ4n) is 3.22. The summed E-state index contributed by atoms with van der Waals surface area (Å²) in [7, 11) is 1.42. The van der Waals surface area contributed by atoms with Gasteiger partial charge in [0, 0.05) is 0 Å². The summed E-state index contributed by atoms with van der Waals surface area (Å²) in [5.41, 5.74) is 3.07. The summed E-state index contributed by atoms with van der Waals surface area (Å²) in [5.74, 6) is 1.72. The molecule has 0 bridgehead atoms. The van der Waals surface area contributed by atoms with Crippen molar-refractivity contribution in [1.29, 1.82) is 0 Å². The van der Waals surface area contributed by atoms with Crippen LogP contribution in [0.5, 0.6) is 5.75 Å². The van der Waals surface area contributed by atoms with Gasteiger partial charge in [-0.1, -0.05) is 87.0 Å². The highest BCUT2D eigenvalue weighted by atomic mass is 35.5. The molecule has 1 nitrogen and oxygen atoms in total. The molecule has 26 heavy (non-hydrogen) atoms. The first kappa shape index (κ1) is 20.8. The molecule has 3 rings (SSSR count). The van der Waals surface area contributed by atoms with Crippen molar-refractivity contribution in [2.45, 2.75) is 52.9 Å². The predicted molar refractivity (Wildman–Crippen MR) is 109 cm³/mol. The Morgan fingerprint density at radius 1 is 0.962 bits per heavy atom. The number of ether oxygens (including phenoxy) is 1. The molecule has 142 valence electrons. The van der Waals surface area contributed by atoms with Crippen molar-refractivity contribution in [3.8, 4) is 5.75 Å². The third-order valence-electron chi connectivity index (χ3n) is 5.17. The molecule has 0 aromatic heterocycles. The lowest BCUT2D eigenvalue weighted by Gasteiger charge is -2.22. The van der Waals surface area contributed by atoms with E-state index in [0.717, 1.165) is 23.0 Å². The summed E-state index contributed by atoms with van der Waals surface area (Å²) in [4.78, 5) is 0. The molecule has 0 saturated heterocycles. The van der Waals surface area contributed by atoms with Gasteiger partial charge < -0.3 is 4.74 Å². The number of halogens is 2. The summed E-state index contributed by atoms with van der Waals surface area (Å²) >= 11 is 6.00. The zero-order valence-electron chi connectivity index (χ0n) is 16.3. The van der Waals surface area contributed by atoms with E-state index in [9.17, 15) is 4.39 Å². The van der Waals surface area contributed by atoms with Crippen molar-refractivity contribution in [3.05, 3.63) is 63.9 Å². The third-order valence-corrected chi connectivity index (χ3v) is 5.58. The first-order valence-electron chi connectivity index (χ1n) is 9.47. The van der Waals surface area contributed by atoms with Crippen molar-refractivity contribution in [3.63, 3.8) is 0 Å². The van der Waals surface area contributed by atoms with Gasteiger partial charge in [0.25, 0.3) is 0 Å². The maximum atomic E-state index is 13.8. The van der Waals surface area contributed by atoms with Gasteiger partial charge in [-0.2, -0.15) is 0 Å². The number of methoxy groups -OCH3 is 1. The molecule has 0 radical (unpaired) electrons. The van der Waals surface area contributed by atoms with Crippen LogP contribution in [0, 0.1) is 24.6 Å². The Morgan fingerprint density at radius 3 is 2.00 bits per heavy atom. The standard InChI is InChI=1S/C15H14ClFO.C8H16/c1-10-3-5-11(6-4-10)9-12-7-8-13(18-2)15(17)14(12)16;1-7-3-5-8(2)6-4-7/h3-8H,9H2,1-2H3;7-8H,3-6H2,1-2H3. The summed E-state index contributed by atoms with van der Waals surface area (Å²) < 4.78 is 18.7. The Labute approximate surface area is 162 Å². The van der Waals surface area contributed by atoms with Gasteiger partial charge in [-0.05, 0) is 42.4 Å². The minimum atomic E-state index is -0.497. The minimum Gasteiger partial charge on any atom is -0.494 e. The van der Waals surface area contributed by atoms with Crippen LogP contribution < -0.4 is 4.74 Å². The molecule has 2 aromatic rings. The van der Waals surface area contributed by atoms with E-state index in [1.807, 2.05) is 31.2 Å². The quantitative estimate of drug-likeness (QED) is 0.549. The van der Waals surface area contributed by atoms with E-state index in [1.165, 1.54) is 38.4 Å². The highest BCUT2D eigenvalue weighted by Crippen LogP contribution is 2.29. The van der Waals surface area contributed by atoms with E-state index in [-0.39, 0.29) is 10.8 Å². The van der Waals surface area contributed by atoms with Crippen LogP contribution in [0.4, 0.5) is 4.39 Å². The molecule has 3 heteroatoms. The van der Waals surface area contributed by atoms with Gasteiger partial charge in [0.05, 0.1) is 12.1 Å². The topological polar surface area (TPSA) is 9.23 Å². The second-order valence-corrected chi connectivity index (χ2v) is 7.96. The van der Waals surface area contributed by atoms with Crippen LogP contribution in [0.25, 0.3) is 0 Å². The fourth-order valence-corrected chi connectivity index (χ4v) is 3.44. The van der Waals surface area contributed by atoms with Gasteiger partial charge in [-0.25, -0.2) is 4.39 Å². The molecule has 0 atom stereocenters. The highest BCUT2D eigenvalue weighted by Gasteiger charge is 2.13. The van der Waals surface area contributed by atoms with Crippen molar-refractivity contribution >= 4 is 11.6 Å². The van der Waals surface area contributed by atoms with Crippen LogP contribution >= 0.6 is 11.6 Å². The zero-order valence-corrected chi connectivity index (χ0v) is 17.1. The Bertz CT molecular complexity index is 678. The molecule has 0 heterocycles. The second kappa shape index (κ2) is 9.97. The molecular formula is C23H30ClFO. The van der Waals surface area contributed by atoms with E-state index in [2.05, 4.69) is 13.8 Å². The summed E-state index contributed by atoms with van der Waals surface area (Å²) in [6.07, 6.45) is 6.50. The van der Waals surface area contributed by atoms with Gasteiger partial charge >= 0.3 is 0 Å². The molecule has 0 N–H and O–H groups in total. The Morgan fingerprint density at radius 2 is 1.50 bits per heavy atom. The molecule has 1 fully saturated rings. The SMILES string of the molecule is CC1CCC(C)CC1.COc1ccc(Cc2ccc(C)cc2)c(Cl)c1F. The number of benzene rings is 2. The van der Waals surface area contributed by atoms with E-state index in [1.54, 1.807) is 12.1 Å². The van der Waals surface area contributed by atoms with Crippen LogP contribution in [0.2, 0.25) is 5.02 Å². The first-order valence-corrected chi connectivity index (χ1v) is 9.85. The first-order chi connectivity index (χ1) is 12.4. The lowest BCUT2D eigenvalue weighted by molar-refractivity contribution is 0.308. The predicted octanol–water partition coefficient (Wildman–Crippen LogP) is 7.22. The summed E-state index contributed by atoms with van der Waals surface area (Å²) in [6.45, 7) is 6.77. The van der Waals surface area contributed by atoms with E-state index in [0.29, 0.717) is 6.42 Å². The van der Waals surface area contributed by atoms with Crippen LogP contribution in [0.3, 0.4) is 0 Å². The van der Waals surface area contributed by atoms with Crippen molar-refractivity contribution in [2.75, 3.05) is 7.11 Å². The Kier molecular flexibility index (Phi) is 7.96. The molecule has 0 aliphatic heterocycles. The van der Waals surface area contributed by atoms with Crippen LogP contribution in [0.1, 0.15) is 56.2 Å². The summed E-state index contributed by atoms with van der Waals surface area (Å²) in [6, 6.07) is 11.5. The Hall–Kier alpha value is -1.54. The van der Waals surface area contributed by atoms with Gasteiger partial charge in [0.2, 0.25) is 0 Å². The fraction of sp³-hybridized carbons (Fsp3) is 0.478. The van der Waals surface area contributed by atoms with Crippen LogP contribution in [-0.4, -0.2) is 7.11 Å². The third kappa shape index (κ3) is 6.02. The largest absolute Gasteiger partial charge is 0.494 e. The Balaban J connectivity index is 0.000000254. The molecule has 0 spiro atoms. The molecule has 2 aromatic carbocycles. The van der Waals surface area contributed by atoms with Gasteiger partial charge in [-0.3, -0.25) is 0 Å². The normalized spacial score (nSPS) is 19.5. The number of hydrogen-bond donors (Lipinski definition) is 0. The molecule has 0 unspecified atom stereocenters. The minimum absolute atomic E-state index is 0.134. The van der Waals surface area contributed by atoms with Crippen LogP contribution in [0.15, 0.2) is 36.4 Å². The number of aryl methyl sites for hydroxylation is 1. The molecule has 1 aliphatic carbocycles. The maximum absolute atomic E-state index is 13.8. The maximum Gasteiger partial charge on any atom is 0.183 e. The smallest absolute Gasteiger partial charge is 0.183 e. The molecule has 1 saturated carbocycles. The van der Waals surface area contributed by atoms with Gasteiger partial charge in [-0.15, -0.1) is 0 Å². The highest BCUT2D eigenvalue weighted by molar-refractivity contribution is 6.31. The van der Waals surface area contributed by atoms with Crippen molar-refractivity contribution < 1.29 is 9.13 Å². The van der Waals surface area contributed by atoms with E-state index >= 15 is 0 Å². The average Bonchev–Trinajstić information content (AvgIpc) is 2.64. The summed E-state index contributed by atoms with van der Waals surface area (Å²) in [5, 5.41) is 0.134. The van der Waals surface area contributed by atoms with Crippen molar-refractivity contribution in [2.24, 2.45) is 11.8 Å². The van der Waals surface area contributed by atoms with E-state index in [4.69, 9.17) is 16.3 Å². The second-order valence-electron chi connectivity index (χ2n) is 7.58. The van der Waals surface area contributed by atoms with Gasteiger partial charge in [0.1, 0.15) is 0 Å². The van der Waals surface area contributed by atoms with Crippen molar-refractivity contribution in [1.82, 2.24) is 0 Å². The molecule has 1 aliphatic rings. The van der Waals surface area contributed by atoms with Crippen LogP contribution in [-0.2, 0) is 6.42 Å². The van der Waals surface area contributed by atoms with E-state index < -0.39 is 5.82 Å². The zero-order chi connectivity index (χ0) is 19.1.